The number of aliphatic hydroxyl groups is 1. The Morgan fingerprint density at radius 3 is 2.30 bits per heavy atom. The molecule has 0 aliphatic carbocycles. The van der Waals surface area contributed by atoms with E-state index in [0.29, 0.717) is 80.4 Å². The monoisotopic (exact) mass is 1250 g/mol. The molecule has 3 aromatic carbocycles. The van der Waals surface area contributed by atoms with E-state index >= 15 is 4.39 Å². The Morgan fingerprint density at radius 1 is 0.898 bits per heavy atom. The number of hydrogen-bond acceptors (Lipinski definition) is 18. The number of aliphatic hydroxyl groups excluding tert-OH is 1. The van der Waals surface area contributed by atoms with E-state index < -0.39 is 65.6 Å². The Kier molecular flexibility index (Phi) is 24.7. The highest BCUT2D eigenvalue weighted by Gasteiger charge is 2.31. The number of anilines is 5. The molecule has 6 aromatic rings. The zero-order valence-corrected chi connectivity index (χ0v) is 52.8. The average Bonchev–Trinajstić information content (AvgIpc) is 3.79. The smallest absolute Gasteiger partial charge is 0.410 e. The van der Waals surface area contributed by atoms with Crippen molar-refractivity contribution in [1.82, 2.24) is 41.0 Å². The minimum Gasteiger partial charge on any atom is -0.491 e. The molecule has 0 bridgehead atoms. The van der Waals surface area contributed by atoms with Gasteiger partial charge in [-0.2, -0.15) is 0 Å². The molecule has 0 radical (unpaired) electrons. The molecule has 6 rings (SSSR count). The van der Waals surface area contributed by atoms with Crippen molar-refractivity contribution >= 4 is 96.5 Å². The Hall–Kier alpha value is -8.71. The lowest BCUT2D eigenvalue weighted by atomic mass is 10.0. The third kappa shape index (κ3) is 21.9. The van der Waals surface area contributed by atoms with Crippen LogP contribution in [0.4, 0.5) is 46.4 Å². The molecule has 24 nitrogen and oxygen atoms in total. The van der Waals surface area contributed by atoms with Gasteiger partial charge in [0.1, 0.15) is 36.9 Å². The third-order valence-electron chi connectivity index (χ3n) is 13.0. The highest BCUT2D eigenvalue weighted by molar-refractivity contribution is 7.22. The number of rotatable bonds is 29. The summed E-state index contributed by atoms with van der Waals surface area (Å²) in [4.78, 5) is 89.0. The lowest BCUT2D eigenvalue weighted by Crippen LogP contribution is -2.55. The van der Waals surface area contributed by atoms with E-state index in [1.165, 1.54) is 46.8 Å². The zero-order valence-electron chi connectivity index (χ0n) is 51.2. The van der Waals surface area contributed by atoms with Gasteiger partial charge in [-0.25, -0.2) is 33.5 Å². The molecule has 0 spiro atoms. The number of carbonyl (C=O) groups excluding carboxylic acids is 5. The number of carboxylic acid groups (broad SMARTS) is 1. The highest BCUT2D eigenvalue weighted by Crippen LogP contribution is 2.35. The number of hydrogen-bond donors (Lipinski definition) is 8. The Labute approximate surface area is 519 Å². The normalized spacial score (nSPS) is 12.4. The first-order valence-corrected chi connectivity index (χ1v) is 30.2. The van der Waals surface area contributed by atoms with E-state index in [1.54, 1.807) is 65.0 Å². The number of carbonyl (C=O) groups is 6. The van der Waals surface area contributed by atoms with Crippen LogP contribution in [0.5, 0.6) is 5.75 Å². The van der Waals surface area contributed by atoms with E-state index in [4.69, 9.17) is 19.9 Å². The number of primary amides is 1. The molecular formula is C61H79FN13O11S2+. The van der Waals surface area contributed by atoms with Crippen LogP contribution in [0, 0.1) is 30.5 Å². The quantitative estimate of drug-likeness (QED) is 0.0124. The number of aromatic carboxylic acids is 1. The molecule has 472 valence electrons. The molecule has 3 unspecified atom stereocenters. The summed E-state index contributed by atoms with van der Waals surface area (Å²) >= 11 is 2.70. The van der Waals surface area contributed by atoms with E-state index in [1.807, 2.05) is 63.3 Å². The maximum Gasteiger partial charge on any atom is 0.410 e. The van der Waals surface area contributed by atoms with Crippen molar-refractivity contribution in [1.29, 1.82) is 0 Å². The number of thiazole rings is 2. The highest BCUT2D eigenvalue weighted by atomic mass is 32.1. The van der Waals surface area contributed by atoms with E-state index in [-0.39, 0.29) is 62.9 Å². The second-order valence-corrected chi connectivity index (χ2v) is 25.3. The van der Waals surface area contributed by atoms with Gasteiger partial charge in [0.05, 0.1) is 44.5 Å². The first-order chi connectivity index (χ1) is 41.6. The summed E-state index contributed by atoms with van der Waals surface area (Å²) in [5.41, 5.74) is 7.20. The van der Waals surface area contributed by atoms with Gasteiger partial charge in [-0.1, -0.05) is 61.3 Å². The molecule has 0 aliphatic rings. The molecule has 9 N–H and O–H groups in total. The number of carboxylic acids is 1. The van der Waals surface area contributed by atoms with Crippen LogP contribution in [0.15, 0.2) is 72.8 Å². The number of halogens is 1. The number of benzene rings is 3. The molecule has 3 heterocycles. The van der Waals surface area contributed by atoms with Crippen LogP contribution < -0.4 is 42.0 Å². The first kappa shape index (κ1) is 68.4. The predicted molar refractivity (Wildman–Crippen MR) is 336 cm³/mol. The largest absolute Gasteiger partial charge is 0.491 e. The number of likely N-dealkylation sites (N-methyl/N-ethyl adjacent to an activating group) is 1. The van der Waals surface area contributed by atoms with Crippen LogP contribution in [0.1, 0.15) is 98.8 Å². The van der Waals surface area contributed by atoms with Gasteiger partial charge in [0.25, 0.3) is 0 Å². The van der Waals surface area contributed by atoms with Crippen LogP contribution in [-0.2, 0) is 32.1 Å². The Morgan fingerprint density at radius 2 is 1.64 bits per heavy atom. The molecule has 3 atom stereocenters. The van der Waals surface area contributed by atoms with Crippen molar-refractivity contribution < 1.29 is 62.1 Å². The number of para-hydroxylation sites is 1. The SMILES string of the molecule is Cc1cc(N(CCCC(O)C[N+](C)(C)C)c2nc(C(=O)O)c(CCCOc3ccc(C#CCN(C)C(=O)OCc4ccc(NC(=O)C(CCCNC(N)=O)NC(=O)C(NC(=O)OC(C)(C)C)C(C)C)cc4)cc3F)s2)nnc1Nc1nc2ccccc2s1. The van der Waals surface area contributed by atoms with Crippen molar-refractivity contribution in [2.24, 2.45) is 11.7 Å². The number of quaternary nitrogens is 1. The molecule has 88 heavy (non-hydrogen) atoms. The van der Waals surface area contributed by atoms with Crippen LogP contribution >= 0.6 is 22.7 Å². The van der Waals surface area contributed by atoms with Gasteiger partial charge < -0.3 is 71.0 Å². The fourth-order valence-corrected chi connectivity index (χ4v) is 10.7. The summed E-state index contributed by atoms with van der Waals surface area (Å²) in [6, 6.07) is 17.5. The lowest BCUT2D eigenvalue weighted by molar-refractivity contribution is -0.873. The predicted octanol–water partition coefficient (Wildman–Crippen LogP) is 8.47. The number of urea groups is 1. The van der Waals surface area contributed by atoms with Gasteiger partial charge in [-0.05, 0) is 132 Å². The Balaban J connectivity index is 0.992. The third-order valence-corrected chi connectivity index (χ3v) is 15.1. The molecule has 6 amide bonds. The maximum atomic E-state index is 15.3. The lowest BCUT2D eigenvalue weighted by Gasteiger charge is -2.27. The second kappa shape index (κ2) is 31.8. The zero-order chi connectivity index (χ0) is 64.3. The fraction of sp³-hybridized carbons (Fsp3) is 0.443. The van der Waals surface area contributed by atoms with Crippen molar-refractivity contribution in [3.05, 3.63) is 106 Å². The summed E-state index contributed by atoms with van der Waals surface area (Å²) in [5.74, 6) is 3.23. The molecule has 0 saturated carbocycles. The average molecular weight is 1250 g/mol. The van der Waals surface area contributed by atoms with Gasteiger partial charge >= 0.3 is 24.2 Å². The van der Waals surface area contributed by atoms with E-state index in [9.17, 15) is 39.0 Å². The summed E-state index contributed by atoms with van der Waals surface area (Å²) < 4.78 is 33.5. The van der Waals surface area contributed by atoms with E-state index in [0.717, 1.165) is 15.8 Å². The van der Waals surface area contributed by atoms with Crippen LogP contribution in [-0.4, -0.2) is 161 Å². The van der Waals surface area contributed by atoms with Gasteiger partial charge in [-0.3, -0.25) is 9.59 Å². The molecule has 27 heteroatoms. The Bertz CT molecular complexity index is 3420. The molecular weight excluding hydrogens is 1170 g/mol. The van der Waals surface area contributed by atoms with Gasteiger partial charge in [0, 0.05) is 36.3 Å². The number of fused-ring (bicyclic) bond motifs is 1. The first-order valence-electron chi connectivity index (χ1n) is 28.6. The van der Waals surface area contributed by atoms with Gasteiger partial charge in [0.2, 0.25) is 11.8 Å². The summed E-state index contributed by atoms with van der Waals surface area (Å²) in [6.07, 6.45) is 0.00636. The van der Waals surface area contributed by atoms with Crippen molar-refractivity contribution in [2.75, 3.05) is 76.5 Å². The van der Waals surface area contributed by atoms with Gasteiger partial charge in [0.15, 0.2) is 39.2 Å². The number of alkyl carbamates (subject to hydrolysis) is 1. The number of nitrogens with one attached hydrogen (secondary N) is 5. The van der Waals surface area contributed by atoms with Crippen LogP contribution in [0.25, 0.3) is 10.2 Å². The number of aryl methyl sites for hydroxylation is 2. The standard InChI is InChI=1S/C61H78FN13O11S2/c1-37(2)50(69-59(82)86-61(4,5)6)54(78)66-45(20-13-29-64-56(63)81)53(77)65-41-26-23-40(24-27-41)36-85-60(83)73(7)30-14-17-39-25-28-46(43(62)34-39)84-32-16-22-48-51(55(79)80)68-58(88-48)74(31-15-18-42(76)35-75(8,9)10)49-33-38(3)52(72-71-49)70-57-67-44-19-11-12-21-47(44)87-57/h11-12,19,21,23-28,33-34,37,42,45,50,76H,13,15-16,18,20,22,29-32,35-36H2,1-10H3,(H7-,63,64,65,66,67,69,70,72,77,78,79,80,81,82)/p+1. The summed E-state index contributed by atoms with van der Waals surface area (Å²) in [6.45, 7) is 11.4. The van der Waals surface area contributed by atoms with Gasteiger partial charge in [-0.15, -0.1) is 21.5 Å². The fourth-order valence-electron chi connectivity index (χ4n) is 8.68. The maximum absolute atomic E-state index is 15.3. The van der Waals surface area contributed by atoms with E-state index in [2.05, 4.69) is 58.6 Å². The minimum atomic E-state index is -1.20. The van der Waals surface area contributed by atoms with Crippen LogP contribution in [0.3, 0.4) is 0 Å². The topological polar surface area (TPSA) is 315 Å². The van der Waals surface area contributed by atoms with Crippen LogP contribution in [0.2, 0.25) is 0 Å². The molecule has 0 saturated heterocycles. The van der Waals surface area contributed by atoms with Crippen molar-refractivity contribution in [2.45, 2.75) is 110 Å². The summed E-state index contributed by atoms with van der Waals surface area (Å²) in [5, 5.41) is 45.0. The molecule has 3 aromatic heterocycles. The van der Waals surface area contributed by atoms with Crippen molar-refractivity contribution in [3.63, 3.8) is 0 Å². The number of nitrogens with zero attached hydrogens (tertiary/aromatic N) is 7. The molecule has 0 aliphatic heterocycles. The number of amides is 6. The molecule has 0 fully saturated rings. The summed E-state index contributed by atoms with van der Waals surface area (Å²) in [7, 11) is 7.52. The number of aromatic nitrogens is 4. The van der Waals surface area contributed by atoms with Crippen molar-refractivity contribution in [3.8, 4) is 17.6 Å². The number of nitrogens with two attached hydrogens (primary N) is 1. The second-order valence-electron chi connectivity index (χ2n) is 23.2. The number of ether oxygens (including phenoxy) is 3. The minimum absolute atomic E-state index is 0.0238.